The van der Waals surface area contributed by atoms with Crippen molar-refractivity contribution in [3.05, 3.63) is 45.9 Å². The zero-order valence-electron chi connectivity index (χ0n) is 10.8. The maximum atomic E-state index is 13.1. The number of anilines is 1. The van der Waals surface area contributed by atoms with Crippen molar-refractivity contribution in [3.8, 4) is 0 Å². The van der Waals surface area contributed by atoms with Gasteiger partial charge in [0.05, 0.1) is 20.0 Å². The first-order valence-electron chi connectivity index (χ1n) is 6.01. The van der Waals surface area contributed by atoms with Crippen molar-refractivity contribution in [2.75, 3.05) is 5.32 Å². The Kier molecular flexibility index (Phi) is 3.52. The van der Waals surface area contributed by atoms with Crippen molar-refractivity contribution in [1.29, 1.82) is 0 Å². The second-order valence-corrected chi connectivity index (χ2v) is 6.42. The van der Waals surface area contributed by atoms with Crippen LogP contribution in [0.5, 0.6) is 0 Å². The monoisotopic (exact) mass is 320 g/mol. The summed E-state index contributed by atoms with van der Waals surface area (Å²) in [7, 11) is 0. The molecule has 7 heteroatoms. The van der Waals surface area contributed by atoms with Crippen molar-refractivity contribution in [1.82, 2.24) is 4.98 Å². The quantitative estimate of drug-likeness (QED) is 0.743. The molecule has 3 rings (SSSR count). The fraction of sp³-hybridized carbons (Fsp3) is 0.0714. The molecule has 21 heavy (non-hydrogen) atoms. The standard InChI is InChI=1S/C14H9FN2O2S2/c1-7(18)10-4-5-11(20-10)13(19)17-14-16-9-3-2-8(15)6-12(9)21-14/h2-6H,1H3,(H,16,17,19). The highest BCUT2D eigenvalue weighted by molar-refractivity contribution is 7.22. The van der Waals surface area contributed by atoms with Crippen LogP contribution in [0.1, 0.15) is 26.3 Å². The third-order valence-electron chi connectivity index (χ3n) is 2.75. The van der Waals surface area contributed by atoms with Crippen LogP contribution in [0.3, 0.4) is 0 Å². The molecule has 0 spiro atoms. The highest BCUT2D eigenvalue weighted by atomic mass is 32.1. The fourth-order valence-electron chi connectivity index (χ4n) is 1.76. The van der Waals surface area contributed by atoms with Crippen LogP contribution in [0.15, 0.2) is 30.3 Å². The van der Waals surface area contributed by atoms with Crippen molar-refractivity contribution in [3.63, 3.8) is 0 Å². The van der Waals surface area contributed by atoms with E-state index in [1.54, 1.807) is 18.2 Å². The summed E-state index contributed by atoms with van der Waals surface area (Å²) in [6, 6.07) is 7.49. The first kappa shape index (κ1) is 13.8. The minimum absolute atomic E-state index is 0.0745. The molecule has 0 aliphatic carbocycles. The molecule has 0 saturated heterocycles. The van der Waals surface area contributed by atoms with E-state index in [0.29, 0.717) is 25.1 Å². The van der Waals surface area contributed by atoms with E-state index in [0.717, 1.165) is 11.3 Å². The van der Waals surface area contributed by atoms with E-state index in [9.17, 15) is 14.0 Å². The lowest BCUT2D eigenvalue weighted by molar-refractivity contribution is 0.101. The Morgan fingerprint density at radius 1 is 1.14 bits per heavy atom. The molecule has 0 aliphatic heterocycles. The second-order valence-electron chi connectivity index (χ2n) is 4.31. The maximum Gasteiger partial charge on any atom is 0.267 e. The lowest BCUT2D eigenvalue weighted by Gasteiger charge is -1.97. The van der Waals surface area contributed by atoms with Crippen LogP contribution in [0.2, 0.25) is 0 Å². The van der Waals surface area contributed by atoms with Crippen molar-refractivity contribution in [2.24, 2.45) is 0 Å². The van der Waals surface area contributed by atoms with E-state index >= 15 is 0 Å². The third kappa shape index (κ3) is 2.84. The predicted molar refractivity (Wildman–Crippen MR) is 81.9 cm³/mol. The van der Waals surface area contributed by atoms with Crippen LogP contribution in [0, 0.1) is 5.82 Å². The number of amides is 1. The van der Waals surface area contributed by atoms with Gasteiger partial charge in [0, 0.05) is 0 Å². The molecule has 1 aromatic carbocycles. The van der Waals surface area contributed by atoms with Gasteiger partial charge in [-0.25, -0.2) is 9.37 Å². The number of nitrogens with one attached hydrogen (secondary N) is 1. The van der Waals surface area contributed by atoms with E-state index in [1.807, 2.05) is 0 Å². The van der Waals surface area contributed by atoms with Crippen molar-refractivity contribution < 1.29 is 14.0 Å². The molecule has 106 valence electrons. The van der Waals surface area contributed by atoms with Crippen LogP contribution < -0.4 is 5.32 Å². The fourth-order valence-corrected chi connectivity index (χ4v) is 3.44. The number of hydrogen-bond donors (Lipinski definition) is 1. The molecule has 0 unspecified atom stereocenters. The molecule has 1 amide bonds. The highest BCUT2D eigenvalue weighted by Gasteiger charge is 2.13. The predicted octanol–water partition coefficient (Wildman–Crippen LogP) is 3.95. The number of nitrogens with zero attached hydrogens (tertiary/aromatic N) is 1. The lowest BCUT2D eigenvalue weighted by atomic mass is 10.3. The molecule has 0 radical (unpaired) electrons. The molecule has 2 aromatic heterocycles. The molecule has 3 aromatic rings. The molecular weight excluding hydrogens is 311 g/mol. The molecule has 2 heterocycles. The van der Waals surface area contributed by atoms with E-state index in [-0.39, 0.29) is 17.5 Å². The first-order valence-corrected chi connectivity index (χ1v) is 7.64. The molecule has 4 nitrogen and oxygen atoms in total. The van der Waals surface area contributed by atoms with Gasteiger partial charge in [0.15, 0.2) is 10.9 Å². The highest BCUT2D eigenvalue weighted by Crippen LogP contribution is 2.27. The number of Topliss-reactive ketones (excluding diaryl/α,β-unsaturated/α-hetero) is 1. The van der Waals surface area contributed by atoms with Gasteiger partial charge in [-0.05, 0) is 37.3 Å². The van der Waals surface area contributed by atoms with Gasteiger partial charge < -0.3 is 0 Å². The van der Waals surface area contributed by atoms with Gasteiger partial charge in [-0.3, -0.25) is 14.9 Å². The summed E-state index contributed by atoms with van der Waals surface area (Å²) >= 11 is 2.34. The van der Waals surface area contributed by atoms with Gasteiger partial charge in [0.1, 0.15) is 5.82 Å². The van der Waals surface area contributed by atoms with Crippen LogP contribution in [-0.2, 0) is 0 Å². The molecule has 1 N–H and O–H groups in total. The first-order chi connectivity index (χ1) is 10.0. The number of benzene rings is 1. The molecule has 0 bridgehead atoms. The van der Waals surface area contributed by atoms with Crippen LogP contribution in [0.4, 0.5) is 9.52 Å². The normalized spacial score (nSPS) is 10.8. The van der Waals surface area contributed by atoms with E-state index in [1.165, 1.54) is 30.4 Å². The molecule has 0 atom stereocenters. The molecule has 0 aliphatic rings. The number of thiophene rings is 1. The Morgan fingerprint density at radius 2 is 1.90 bits per heavy atom. The van der Waals surface area contributed by atoms with Crippen molar-refractivity contribution in [2.45, 2.75) is 6.92 Å². The zero-order chi connectivity index (χ0) is 15.0. The maximum absolute atomic E-state index is 13.1. The van der Waals surface area contributed by atoms with E-state index < -0.39 is 0 Å². The van der Waals surface area contributed by atoms with Crippen LogP contribution >= 0.6 is 22.7 Å². The van der Waals surface area contributed by atoms with Crippen LogP contribution in [0.25, 0.3) is 10.2 Å². The van der Waals surface area contributed by atoms with Gasteiger partial charge in [-0.15, -0.1) is 11.3 Å². The number of fused-ring (bicyclic) bond motifs is 1. The number of hydrogen-bond acceptors (Lipinski definition) is 5. The number of ketones is 1. The number of rotatable bonds is 3. The SMILES string of the molecule is CC(=O)c1ccc(C(=O)Nc2nc3ccc(F)cc3s2)s1. The summed E-state index contributed by atoms with van der Waals surface area (Å²) in [5.41, 5.74) is 0.632. The Hall–Kier alpha value is -2.12. The minimum Gasteiger partial charge on any atom is -0.297 e. The van der Waals surface area contributed by atoms with Gasteiger partial charge in [-0.1, -0.05) is 11.3 Å². The summed E-state index contributed by atoms with van der Waals surface area (Å²) in [6.45, 7) is 1.45. The minimum atomic E-state index is -0.339. The summed E-state index contributed by atoms with van der Waals surface area (Å²) in [4.78, 5) is 28.5. The number of halogens is 1. The lowest BCUT2D eigenvalue weighted by Crippen LogP contribution is -2.09. The topological polar surface area (TPSA) is 59.1 Å². The van der Waals surface area contributed by atoms with Gasteiger partial charge >= 0.3 is 0 Å². The van der Waals surface area contributed by atoms with E-state index in [4.69, 9.17) is 0 Å². The summed E-state index contributed by atoms with van der Waals surface area (Å²) < 4.78 is 13.8. The van der Waals surface area contributed by atoms with Crippen LogP contribution in [-0.4, -0.2) is 16.7 Å². The molecule has 0 saturated carbocycles. The van der Waals surface area contributed by atoms with Gasteiger partial charge in [0.25, 0.3) is 5.91 Å². The number of carbonyl (C=O) groups excluding carboxylic acids is 2. The average molecular weight is 320 g/mol. The second kappa shape index (κ2) is 5.34. The summed E-state index contributed by atoms with van der Waals surface area (Å²) in [5.74, 6) is -0.741. The van der Waals surface area contributed by atoms with Gasteiger partial charge in [0.2, 0.25) is 0 Å². The Balaban J connectivity index is 1.83. The third-order valence-corrected chi connectivity index (χ3v) is 4.87. The van der Waals surface area contributed by atoms with E-state index in [2.05, 4.69) is 10.3 Å². The summed E-state index contributed by atoms with van der Waals surface area (Å²) in [5, 5.41) is 3.07. The number of aromatic nitrogens is 1. The number of thiazole rings is 1. The Labute approximate surface area is 127 Å². The molecule has 0 fully saturated rings. The Morgan fingerprint density at radius 3 is 2.62 bits per heavy atom. The Bertz CT molecular complexity index is 854. The molecular formula is C14H9FN2O2S2. The van der Waals surface area contributed by atoms with Gasteiger partial charge in [-0.2, -0.15) is 0 Å². The van der Waals surface area contributed by atoms with Crippen molar-refractivity contribution >= 4 is 49.7 Å². The zero-order valence-corrected chi connectivity index (χ0v) is 12.5. The smallest absolute Gasteiger partial charge is 0.267 e. The summed E-state index contributed by atoms with van der Waals surface area (Å²) in [6.07, 6.45) is 0. The number of carbonyl (C=O) groups is 2. The average Bonchev–Trinajstić information content (AvgIpc) is 3.03. The largest absolute Gasteiger partial charge is 0.297 e.